The van der Waals surface area contributed by atoms with E-state index in [0.717, 1.165) is 23.1 Å². The van der Waals surface area contributed by atoms with E-state index in [2.05, 4.69) is 39.3 Å². The molecule has 0 atom stereocenters. The van der Waals surface area contributed by atoms with Crippen LogP contribution in [-0.4, -0.2) is 41.3 Å². The molecule has 0 saturated heterocycles. The Bertz CT molecular complexity index is 1100. The molecule has 0 amide bonds. The lowest BCUT2D eigenvalue weighted by atomic mass is 10.1. The van der Waals surface area contributed by atoms with E-state index in [9.17, 15) is 0 Å². The standard InChI is InChI=1S/C20H23N7O2/c1-14(2)11-12-28-18-10-6-7-15(21-18)13-29-20-22-16-8-4-5-9-17(16)27(20)19-23-24-25-26(19)3/h4-10,14H,11-13H2,1-3H3. The van der Waals surface area contributed by atoms with Crippen LogP contribution in [0.2, 0.25) is 0 Å². The van der Waals surface area contributed by atoms with Gasteiger partial charge in [0.25, 0.3) is 5.95 Å². The summed E-state index contributed by atoms with van der Waals surface area (Å²) in [6, 6.07) is 13.8. The number of para-hydroxylation sites is 2. The zero-order valence-electron chi connectivity index (χ0n) is 16.7. The van der Waals surface area contributed by atoms with Crippen molar-refractivity contribution in [1.29, 1.82) is 0 Å². The Morgan fingerprint density at radius 1 is 1.00 bits per heavy atom. The minimum atomic E-state index is 0.246. The molecule has 4 aromatic rings. The van der Waals surface area contributed by atoms with Gasteiger partial charge in [0.2, 0.25) is 5.88 Å². The number of nitrogens with zero attached hydrogens (tertiary/aromatic N) is 7. The molecule has 4 rings (SSSR count). The summed E-state index contributed by atoms with van der Waals surface area (Å²) in [5.41, 5.74) is 2.41. The van der Waals surface area contributed by atoms with Crippen LogP contribution >= 0.6 is 0 Å². The molecule has 3 aromatic heterocycles. The first kappa shape index (κ1) is 18.9. The van der Waals surface area contributed by atoms with Gasteiger partial charge in [-0.2, -0.15) is 4.98 Å². The maximum absolute atomic E-state index is 6.01. The summed E-state index contributed by atoms with van der Waals surface area (Å²) in [7, 11) is 1.77. The molecule has 0 unspecified atom stereocenters. The summed E-state index contributed by atoms with van der Waals surface area (Å²) in [4.78, 5) is 9.11. The van der Waals surface area contributed by atoms with Crippen molar-refractivity contribution < 1.29 is 9.47 Å². The van der Waals surface area contributed by atoms with Gasteiger partial charge >= 0.3 is 6.01 Å². The lowest BCUT2D eigenvalue weighted by Crippen LogP contribution is -2.09. The Hall–Kier alpha value is -3.49. The third kappa shape index (κ3) is 4.18. The van der Waals surface area contributed by atoms with E-state index in [-0.39, 0.29) is 6.61 Å². The molecule has 3 heterocycles. The molecule has 29 heavy (non-hydrogen) atoms. The van der Waals surface area contributed by atoms with Crippen molar-refractivity contribution in [3.05, 3.63) is 48.2 Å². The molecule has 0 aliphatic heterocycles. The molecule has 0 spiro atoms. The van der Waals surface area contributed by atoms with Crippen LogP contribution in [0.1, 0.15) is 26.0 Å². The highest BCUT2D eigenvalue weighted by Crippen LogP contribution is 2.25. The summed E-state index contributed by atoms with van der Waals surface area (Å²) in [6.45, 7) is 5.22. The summed E-state index contributed by atoms with van der Waals surface area (Å²) in [5, 5.41) is 11.7. The lowest BCUT2D eigenvalue weighted by Gasteiger charge is -2.10. The van der Waals surface area contributed by atoms with Crippen LogP contribution in [0.4, 0.5) is 0 Å². The van der Waals surface area contributed by atoms with Crippen molar-refractivity contribution in [3.8, 4) is 17.8 Å². The molecule has 1 aromatic carbocycles. The van der Waals surface area contributed by atoms with Gasteiger partial charge in [-0.05, 0) is 41.0 Å². The van der Waals surface area contributed by atoms with E-state index in [1.165, 1.54) is 0 Å². The van der Waals surface area contributed by atoms with Crippen molar-refractivity contribution >= 4 is 11.0 Å². The lowest BCUT2D eigenvalue weighted by molar-refractivity contribution is 0.260. The second-order valence-electron chi connectivity index (χ2n) is 7.11. The quantitative estimate of drug-likeness (QED) is 0.454. The number of fused-ring (bicyclic) bond motifs is 1. The fourth-order valence-electron chi connectivity index (χ4n) is 2.86. The van der Waals surface area contributed by atoms with Crippen LogP contribution in [0.3, 0.4) is 0 Å². The summed E-state index contributed by atoms with van der Waals surface area (Å²) >= 11 is 0. The molecule has 0 bridgehead atoms. The van der Waals surface area contributed by atoms with Crippen LogP contribution in [-0.2, 0) is 13.7 Å². The molecule has 9 nitrogen and oxygen atoms in total. The molecule has 150 valence electrons. The topological polar surface area (TPSA) is 92.8 Å². The van der Waals surface area contributed by atoms with Crippen LogP contribution in [0, 0.1) is 5.92 Å². The largest absolute Gasteiger partial charge is 0.478 e. The van der Waals surface area contributed by atoms with E-state index in [0.29, 0.717) is 30.4 Å². The van der Waals surface area contributed by atoms with Crippen molar-refractivity contribution in [2.45, 2.75) is 26.9 Å². The minimum Gasteiger partial charge on any atom is -0.478 e. The first-order valence-electron chi connectivity index (χ1n) is 9.53. The first-order valence-corrected chi connectivity index (χ1v) is 9.53. The second kappa shape index (κ2) is 8.26. The average Bonchev–Trinajstić information content (AvgIpc) is 3.29. The number of imidazole rings is 1. The molecule has 0 aliphatic rings. The Balaban J connectivity index is 1.56. The monoisotopic (exact) mass is 393 g/mol. The summed E-state index contributed by atoms with van der Waals surface area (Å²) in [6.07, 6.45) is 0.984. The second-order valence-corrected chi connectivity index (χ2v) is 7.11. The Morgan fingerprint density at radius 3 is 2.66 bits per heavy atom. The van der Waals surface area contributed by atoms with Crippen LogP contribution in [0.25, 0.3) is 17.0 Å². The minimum absolute atomic E-state index is 0.246. The fraction of sp³-hybridized carbons (Fsp3) is 0.350. The molecular weight excluding hydrogens is 370 g/mol. The number of benzene rings is 1. The van der Waals surface area contributed by atoms with Gasteiger partial charge in [0, 0.05) is 13.1 Å². The molecule has 0 saturated carbocycles. The molecule has 0 radical (unpaired) electrons. The van der Waals surface area contributed by atoms with E-state index in [4.69, 9.17) is 9.47 Å². The highest BCUT2D eigenvalue weighted by Gasteiger charge is 2.18. The van der Waals surface area contributed by atoms with Crippen LogP contribution in [0.15, 0.2) is 42.5 Å². The number of rotatable bonds is 8. The molecule has 0 fully saturated rings. The number of aromatic nitrogens is 7. The molecule has 0 aliphatic carbocycles. The summed E-state index contributed by atoms with van der Waals surface area (Å²) in [5.74, 6) is 1.70. The smallest absolute Gasteiger partial charge is 0.305 e. The zero-order chi connectivity index (χ0) is 20.2. The van der Waals surface area contributed by atoms with Crippen molar-refractivity contribution in [1.82, 2.24) is 34.7 Å². The maximum atomic E-state index is 6.01. The maximum Gasteiger partial charge on any atom is 0.305 e. The fourth-order valence-corrected chi connectivity index (χ4v) is 2.86. The number of hydrogen-bond donors (Lipinski definition) is 0. The number of pyridine rings is 1. The Morgan fingerprint density at radius 2 is 1.86 bits per heavy atom. The van der Waals surface area contributed by atoms with Crippen LogP contribution in [0.5, 0.6) is 11.9 Å². The number of tetrazole rings is 1. The third-order valence-corrected chi connectivity index (χ3v) is 4.40. The average molecular weight is 393 g/mol. The van der Waals surface area contributed by atoms with Gasteiger partial charge in [0.05, 0.1) is 23.3 Å². The van der Waals surface area contributed by atoms with E-state index >= 15 is 0 Å². The SMILES string of the molecule is CC(C)CCOc1cccc(COc2nc3ccccc3n2-c2nnnn2C)n1. The van der Waals surface area contributed by atoms with Gasteiger partial charge in [0.15, 0.2) is 0 Å². The number of ether oxygens (including phenoxy) is 2. The molecular formula is C20H23N7O2. The predicted molar refractivity (Wildman–Crippen MR) is 107 cm³/mol. The first-order chi connectivity index (χ1) is 14.1. The Labute approximate surface area is 168 Å². The van der Waals surface area contributed by atoms with Gasteiger partial charge in [-0.15, -0.1) is 0 Å². The van der Waals surface area contributed by atoms with E-state index in [1.807, 2.05) is 42.5 Å². The third-order valence-electron chi connectivity index (χ3n) is 4.40. The molecule has 9 heteroatoms. The summed E-state index contributed by atoms with van der Waals surface area (Å²) < 4.78 is 15.1. The van der Waals surface area contributed by atoms with Gasteiger partial charge in [0.1, 0.15) is 6.61 Å². The highest BCUT2D eigenvalue weighted by atomic mass is 16.5. The van der Waals surface area contributed by atoms with Gasteiger partial charge < -0.3 is 9.47 Å². The van der Waals surface area contributed by atoms with E-state index in [1.54, 1.807) is 16.3 Å². The zero-order valence-corrected chi connectivity index (χ0v) is 16.7. The molecule has 0 N–H and O–H groups in total. The van der Waals surface area contributed by atoms with Crippen LogP contribution < -0.4 is 9.47 Å². The highest BCUT2D eigenvalue weighted by molar-refractivity contribution is 5.78. The van der Waals surface area contributed by atoms with Crippen molar-refractivity contribution in [2.24, 2.45) is 13.0 Å². The van der Waals surface area contributed by atoms with Gasteiger partial charge in [-0.1, -0.05) is 37.1 Å². The van der Waals surface area contributed by atoms with Crippen molar-refractivity contribution in [2.75, 3.05) is 6.61 Å². The normalized spacial score (nSPS) is 11.3. The van der Waals surface area contributed by atoms with Gasteiger partial charge in [-0.3, -0.25) is 0 Å². The van der Waals surface area contributed by atoms with Crippen molar-refractivity contribution in [3.63, 3.8) is 0 Å². The Kier molecular flexibility index (Phi) is 5.37. The van der Waals surface area contributed by atoms with E-state index < -0.39 is 0 Å². The van der Waals surface area contributed by atoms with Gasteiger partial charge in [-0.25, -0.2) is 14.2 Å². The number of hydrogen-bond acceptors (Lipinski definition) is 7. The predicted octanol–water partition coefficient (Wildman–Crippen LogP) is 2.95. The number of aryl methyl sites for hydroxylation is 1.